The first-order valence-electron chi connectivity index (χ1n) is 8.56. The zero-order valence-corrected chi connectivity index (χ0v) is 15.9. The van der Waals surface area contributed by atoms with E-state index < -0.39 is 23.1 Å². The van der Waals surface area contributed by atoms with Crippen molar-refractivity contribution in [1.29, 1.82) is 0 Å². The SMILES string of the molecule is Cc1cc(=O)c(C(=O)NC2CCNCC2)nn1-c1cccc(C(F)(F)F)c1.Cl. The molecule has 1 aliphatic heterocycles. The molecule has 0 spiro atoms. The molecule has 10 heteroatoms. The highest BCUT2D eigenvalue weighted by molar-refractivity contribution is 5.92. The van der Waals surface area contributed by atoms with Crippen LogP contribution in [0.15, 0.2) is 35.1 Å². The third-order valence-corrected chi connectivity index (χ3v) is 4.41. The zero-order chi connectivity index (χ0) is 19.6. The minimum Gasteiger partial charge on any atom is -0.348 e. The van der Waals surface area contributed by atoms with E-state index >= 15 is 0 Å². The fraction of sp³-hybridized carbons (Fsp3) is 0.389. The number of aromatic nitrogens is 2. The van der Waals surface area contributed by atoms with Crippen LogP contribution in [-0.4, -0.2) is 34.8 Å². The van der Waals surface area contributed by atoms with Crippen molar-refractivity contribution in [3.63, 3.8) is 0 Å². The van der Waals surface area contributed by atoms with E-state index in [2.05, 4.69) is 15.7 Å². The average Bonchev–Trinajstić information content (AvgIpc) is 2.62. The molecule has 0 bridgehead atoms. The largest absolute Gasteiger partial charge is 0.416 e. The van der Waals surface area contributed by atoms with Gasteiger partial charge in [-0.25, -0.2) is 4.68 Å². The fourth-order valence-electron chi connectivity index (χ4n) is 3.00. The summed E-state index contributed by atoms with van der Waals surface area (Å²) < 4.78 is 40.1. The van der Waals surface area contributed by atoms with Gasteiger partial charge in [-0.3, -0.25) is 9.59 Å². The number of piperidine rings is 1. The number of rotatable bonds is 3. The van der Waals surface area contributed by atoms with Gasteiger partial charge >= 0.3 is 6.18 Å². The Morgan fingerprint density at radius 1 is 1.25 bits per heavy atom. The standard InChI is InChI=1S/C18H19F3N4O2.ClH/c1-11-9-15(26)16(17(27)23-13-5-7-22-8-6-13)24-25(11)14-4-2-3-12(10-14)18(19,20)21;/h2-4,9-10,13,22H,5-8H2,1H3,(H,23,27);1H. The van der Waals surface area contributed by atoms with Gasteiger partial charge in [-0.05, 0) is 51.1 Å². The lowest BCUT2D eigenvalue weighted by Gasteiger charge is -2.23. The van der Waals surface area contributed by atoms with E-state index in [1.54, 1.807) is 6.92 Å². The molecule has 1 saturated heterocycles. The highest BCUT2D eigenvalue weighted by atomic mass is 35.5. The molecule has 2 heterocycles. The van der Waals surface area contributed by atoms with Crippen molar-refractivity contribution < 1.29 is 18.0 Å². The van der Waals surface area contributed by atoms with Gasteiger partial charge in [-0.1, -0.05) is 6.07 Å². The number of amides is 1. The molecule has 1 aromatic heterocycles. The highest BCUT2D eigenvalue weighted by Crippen LogP contribution is 2.30. The maximum absolute atomic E-state index is 13.0. The summed E-state index contributed by atoms with van der Waals surface area (Å²) in [5.41, 5.74) is -1.28. The Balaban J connectivity index is 0.00000280. The van der Waals surface area contributed by atoms with Crippen molar-refractivity contribution in [2.75, 3.05) is 13.1 Å². The van der Waals surface area contributed by atoms with Crippen LogP contribution in [-0.2, 0) is 6.18 Å². The van der Waals surface area contributed by atoms with Crippen LogP contribution in [0.25, 0.3) is 5.69 Å². The Labute approximate surface area is 165 Å². The van der Waals surface area contributed by atoms with Gasteiger partial charge in [0, 0.05) is 17.8 Å². The number of halogens is 4. The molecule has 1 aromatic carbocycles. The topological polar surface area (TPSA) is 76.0 Å². The quantitative estimate of drug-likeness (QED) is 0.806. The number of aryl methyl sites for hydroxylation is 1. The van der Waals surface area contributed by atoms with Gasteiger partial charge in [0.1, 0.15) is 0 Å². The van der Waals surface area contributed by atoms with Crippen LogP contribution >= 0.6 is 12.4 Å². The molecule has 2 N–H and O–H groups in total. The van der Waals surface area contributed by atoms with E-state index in [1.807, 2.05) is 0 Å². The lowest BCUT2D eigenvalue weighted by molar-refractivity contribution is -0.137. The van der Waals surface area contributed by atoms with Crippen LogP contribution in [0.3, 0.4) is 0 Å². The summed E-state index contributed by atoms with van der Waals surface area (Å²) in [5, 5.41) is 9.98. The molecule has 2 aromatic rings. The zero-order valence-electron chi connectivity index (χ0n) is 15.0. The molecule has 152 valence electrons. The molecule has 0 saturated carbocycles. The van der Waals surface area contributed by atoms with Crippen molar-refractivity contribution in [2.45, 2.75) is 32.0 Å². The highest BCUT2D eigenvalue weighted by Gasteiger charge is 2.30. The van der Waals surface area contributed by atoms with Gasteiger partial charge in [-0.15, -0.1) is 12.4 Å². The van der Waals surface area contributed by atoms with Crippen molar-refractivity contribution in [3.05, 3.63) is 57.5 Å². The van der Waals surface area contributed by atoms with Gasteiger partial charge < -0.3 is 10.6 Å². The summed E-state index contributed by atoms with van der Waals surface area (Å²) >= 11 is 0. The Bertz CT molecular complexity index is 908. The van der Waals surface area contributed by atoms with Crippen LogP contribution in [0.2, 0.25) is 0 Å². The van der Waals surface area contributed by atoms with E-state index in [9.17, 15) is 22.8 Å². The number of hydrogen-bond donors (Lipinski definition) is 2. The first-order chi connectivity index (χ1) is 12.8. The average molecular weight is 417 g/mol. The normalized spacial score (nSPS) is 15.0. The molecule has 0 atom stereocenters. The summed E-state index contributed by atoms with van der Waals surface area (Å²) in [6, 6.07) is 5.71. The molecule has 0 aliphatic carbocycles. The molecular weight excluding hydrogens is 397 g/mol. The smallest absolute Gasteiger partial charge is 0.348 e. The third kappa shape index (κ3) is 4.90. The van der Waals surface area contributed by atoms with Crippen molar-refractivity contribution >= 4 is 18.3 Å². The molecule has 28 heavy (non-hydrogen) atoms. The number of nitrogens with zero attached hydrogens (tertiary/aromatic N) is 2. The third-order valence-electron chi connectivity index (χ3n) is 4.41. The Kier molecular flexibility index (Phi) is 6.84. The van der Waals surface area contributed by atoms with Gasteiger partial charge in [-0.2, -0.15) is 18.3 Å². The van der Waals surface area contributed by atoms with Crippen LogP contribution in [0, 0.1) is 6.92 Å². The first-order valence-corrected chi connectivity index (χ1v) is 8.56. The van der Waals surface area contributed by atoms with E-state index in [4.69, 9.17) is 0 Å². The van der Waals surface area contributed by atoms with Gasteiger partial charge in [0.2, 0.25) is 5.43 Å². The Morgan fingerprint density at radius 2 is 1.93 bits per heavy atom. The first kappa shape index (κ1) is 21.9. The van der Waals surface area contributed by atoms with E-state index in [0.717, 1.165) is 38.1 Å². The number of carbonyl (C=O) groups excluding carboxylic acids is 1. The minimum atomic E-state index is -4.50. The van der Waals surface area contributed by atoms with Crippen molar-refractivity contribution in [2.24, 2.45) is 0 Å². The predicted octanol–water partition coefficient (Wildman–Crippen LogP) is 2.46. The number of nitrogens with one attached hydrogen (secondary N) is 2. The van der Waals surface area contributed by atoms with Gasteiger partial charge in [0.25, 0.3) is 5.91 Å². The summed E-state index contributed by atoms with van der Waals surface area (Å²) in [7, 11) is 0. The second-order valence-electron chi connectivity index (χ2n) is 6.46. The molecule has 1 fully saturated rings. The van der Waals surface area contributed by atoms with Crippen molar-refractivity contribution in [1.82, 2.24) is 20.4 Å². The summed E-state index contributed by atoms with van der Waals surface area (Å²) in [6.07, 6.45) is -3.03. The molecule has 1 aliphatic rings. The molecule has 6 nitrogen and oxygen atoms in total. The van der Waals surface area contributed by atoms with Crippen LogP contribution in [0.5, 0.6) is 0 Å². The van der Waals surface area contributed by atoms with Crippen molar-refractivity contribution in [3.8, 4) is 5.69 Å². The second kappa shape index (κ2) is 8.74. The lowest BCUT2D eigenvalue weighted by atomic mass is 10.1. The molecule has 3 rings (SSSR count). The fourth-order valence-corrected chi connectivity index (χ4v) is 3.00. The number of carbonyl (C=O) groups is 1. The Hall–Kier alpha value is -2.39. The van der Waals surface area contributed by atoms with Gasteiger partial charge in [0.15, 0.2) is 5.69 Å². The maximum Gasteiger partial charge on any atom is 0.416 e. The van der Waals surface area contributed by atoms with E-state index in [1.165, 1.54) is 22.9 Å². The van der Waals surface area contributed by atoms with Crippen LogP contribution in [0.1, 0.15) is 34.6 Å². The molecule has 1 amide bonds. The lowest BCUT2D eigenvalue weighted by Crippen LogP contribution is -2.44. The Morgan fingerprint density at radius 3 is 2.57 bits per heavy atom. The summed E-state index contributed by atoms with van der Waals surface area (Å²) in [4.78, 5) is 24.7. The predicted molar refractivity (Wildman–Crippen MR) is 100 cm³/mol. The summed E-state index contributed by atoms with van der Waals surface area (Å²) in [6.45, 7) is 3.07. The molecule has 0 unspecified atom stereocenters. The van der Waals surface area contributed by atoms with Gasteiger partial charge in [0.05, 0.1) is 11.3 Å². The minimum absolute atomic E-state index is 0. The molecule has 0 radical (unpaired) electrons. The second-order valence-corrected chi connectivity index (χ2v) is 6.46. The monoisotopic (exact) mass is 416 g/mol. The van der Waals surface area contributed by atoms with E-state index in [-0.39, 0.29) is 29.8 Å². The maximum atomic E-state index is 13.0. The number of benzene rings is 1. The van der Waals surface area contributed by atoms with Crippen LogP contribution in [0.4, 0.5) is 13.2 Å². The van der Waals surface area contributed by atoms with Crippen LogP contribution < -0.4 is 16.1 Å². The number of alkyl halides is 3. The number of hydrogen-bond acceptors (Lipinski definition) is 4. The summed E-state index contributed by atoms with van der Waals surface area (Å²) in [5.74, 6) is -0.618. The van der Waals surface area contributed by atoms with E-state index in [0.29, 0.717) is 5.69 Å². The molecular formula is C18H20ClF3N4O2.